The Labute approximate surface area is 123 Å². The van der Waals surface area contributed by atoms with Gasteiger partial charge in [-0.2, -0.15) is 0 Å². The quantitative estimate of drug-likeness (QED) is 0.868. The van der Waals surface area contributed by atoms with Crippen LogP contribution in [0.15, 0.2) is 29.2 Å². The molecule has 1 saturated carbocycles. The first-order chi connectivity index (χ1) is 9.47. The normalized spacial score (nSPS) is 16.2. The molecular formula is C13H17ClN2O3S. The van der Waals surface area contributed by atoms with Crippen LogP contribution in [0.25, 0.3) is 0 Å². The Kier molecular flexibility index (Phi) is 5.01. The molecule has 7 heteroatoms. The third-order valence-electron chi connectivity index (χ3n) is 3.25. The summed E-state index contributed by atoms with van der Waals surface area (Å²) in [5, 5.41) is 3.16. The van der Waals surface area contributed by atoms with Gasteiger partial charge >= 0.3 is 0 Å². The molecule has 1 fully saturated rings. The van der Waals surface area contributed by atoms with E-state index < -0.39 is 10.0 Å². The van der Waals surface area contributed by atoms with Gasteiger partial charge in [-0.1, -0.05) is 30.5 Å². The minimum absolute atomic E-state index is 0.0543. The third kappa shape index (κ3) is 4.19. The number of nitrogens with one attached hydrogen (secondary N) is 2. The topological polar surface area (TPSA) is 75.3 Å². The summed E-state index contributed by atoms with van der Waals surface area (Å²) in [6.07, 6.45) is 4.15. The van der Waals surface area contributed by atoms with Crippen molar-refractivity contribution in [2.45, 2.75) is 36.6 Å². The summed E-state index contributed by atoms with van der Waals surface area (Å²) in [5.41, 5.74) is 0. The second-order valence-electron chi connectivity index (χ2n) is 4.83. The van der Waals surface area contributed by atoms with Gasteiger partial charge in [-0.25, -0.2) is 13.1 Å². The minimum atomic E-state index is -3.71. The van der Waals surface area contributed by atoms with Crippen LogP contribution in [-0.2, 0) is 14.8 Å². The molecule has 1 amide bonds. The lowest BCUT2D eigenvalue weighted by atomic mass is 10.2. The molecular weight excluding hydrogens is 300 g/mol. The van der Waals surface area contributed by atoms with Gasteiger partial charge in [0, 0.05) is 11.1 Å². The fourth-order valence-electron chi connectivity index (χ4n) is 2.23. The van der Waals surface area contributed by atoms with E-state index >= 15 is 0 Å². The van der Waals surface area contributed by atoms with Gasteiger partial charge in [0.1, 0.15) is 0 Å². The van der Waals surface area contributed by atoms with Gasteiger partial charge in [-0.05, 0) is 31.0 Å². The molecule has 2 N–H and O–H groups in total. The maximum Gasteiger partial charge on any atom is 0.241 e. The molecule has 0 unspecified atom stereocenters. The summed E-state index contributed by atoms with van der Waals surface area (Å²) in [7, 11) is -3.71. The van der Waals surface area contributed by atoms with E-state index in [4.69, 9.17) is 11.6 Å². The maximum atomic E-state index is 12.0. The molecule has 1 aromatic rings. The molecule has 2 rings (SSSR count). The first kappa shape index (κ1) is 15.3. The van der Waals surface area contributed by atoms with E-state index in [1.54, 1.807) is 12.1 Å². The van der Waals surface area contributed by atoms with Crippen LogP contribution in [0.3, 0.4) is 0 Å². The molecule has 0 spiro atoms. The van der Waals surface area contributed by atoms with Crippen LogP contribution >= 0.6 is 11.6 Å². The van der Waals surface area contributed by atoms with E-state index in [1.165, 1.54) is 12.1 Å². The highest BCUT2D eigenvalue weighted by Gasteiger charge is 2.19. The number of halogens is 1. The highest BCUT2D eigenvalue weighted by molar-refractivity contribution is 7.89. The van der Waals surface area contributed by atoms with Crippen molar-refractivity contribution in [2.75, 3.05) is 6.54 Å². The Morgan fingerprint density at radius 2 is 2.00 bits per heavy atom. The molecule has 110 valence electrons. The molecule has 0 radical (unpaired) electrons. The van der Waals surface area contributed by atoms with Gasteiger partial charge in [-0.15, -0.1) is 0 Å². The zero-order valence-corrected chi connectivity index (χ0v) is 12.5. The molecule has 0 aliphatic heterocycles. The summed E-state index contributed by atoms with van der Waals surface area (Å²) in [5.74, 6) is -0.303. The van der Waals surface area contributed by atoms with Crippen LogP contribution in [0.5, 0.6) is 0 Å². The van der Waals surface area contributed by atoms with E-state index in [1.807, 2.05) is 0 Å². The second-order valence-corrected chi connectivity index (χ2v) is 7.03. The van der Waals surface area contributed by atoms with Crippen LogP contribution in [-0.4, -0.2) is 26.9 Å². The summed E-state index contributed by atoms with van der Waals surface area (Å²) in [6.45, 7) is -0.259. The van der Waals surface area contributed by atoms with E-state index in [0.717, 1.165) is 25.7 Å². The Hall–Kier alpha value is -1.11. The number of carbonyl (C=O) groups excluding carboxylic acids is 1. The standard InChI is InChI=1S/C13H17ClN2O3S/c14-10-4-3-7-12(8-10)20(18,19)15-9-13(17)16-11-5-1-2-6-11/h3-4,7-8,11,15H,1-2,5-6,9H2,(H,16,17). The van der Waals surface area contributed by atoms with E-state index in [2.05, 4.69) is 10.0 Å². The summed E-state index contributed by atoms with van der Waals surface area (Å²) < 4.78 is 26.2. The first-order valence-electron chi connectivity index (χ1n) is 6.52. The minimum Gasteiger partial charge on any atom is -0.352 e. The molecule has 1 aliphatic carbocycles. The Balaban J connectivity index is 1.90. The Bertz CT molecular complexity index is 583. The fourth-order valence-corrected chi connectivity index (χ4v) is 3.51. The highest BCUT2D eigenvalue weighted by Crippen LogP contribution is 2.17. The average molecular weight is 317 g/mol. The lowest BCUT2D eigenvalue weighted by Crippen LogP contribution is -2.40. The van der Waals surface area contributed by atoms with Crippen molar-refractivity contribution in [3.05, 3.63) is 29.3 Å². The molecule has 0 atom stereocenters. The second kappa shape index (κ2) is 6.56. The van der Waals surface area contributed by atoms with E-state index in [9.17, 15) is 13.2 Å². The van der Waals surface area contributed by atoms with Crippen molar-refractivity contribution in [1.82, 2.24) is 10.0 Å². The molecule has 20 heavy (non-hydrogen) atoms. The van der Waals surface area contributed by atoms with Crippen molar-refractivity contribution in [3.8, 4) is 0 Å². The van der Waals surface area contributed by atoms with Gasteiger partial charge in [0.2, 0.25) is 15.9 Å². The molecule has 1 aromatic carbocycles. The number of amides is 1. The number of sulfonamides is 1. The predicted octanol–water partition coefficient (Wildman–Crippen LogP) is 1.68. The Morgan fingerprint density at radius 3 is 2.65 bits per heavy atom. The molecule has 0 aromatic heterocycles. The largest absolute Gasteiger partial charge is 0.352 e. The van der Waals surface area contributed by atoms with Gasteiger partial charge < -0.3 is 5.32 Å². The average Bonchev–Trinajstić information content (AvgIpc) is 2.89. The van der Waals surface area contributed by atoms with Crippen LogP contribution in [0, 0.1) is 0 Å². The smallest absolute Gasteiger partial charge is 0.241 e. The fraction of sp³-hybridized carbons (Fsp3) is 0.462. The van der Waals surface area contributed by atoms with Crippen LogP contribution < -0.4 is 10.0 Å². The van der Waals surface area contributed by atoms with Crippen molar-refractivity contribution >= 4 is 27.5 Å². The third-order valence-corrected chi connectivity index (χ3v) is 4.88. The number of benzene rings is 1. The lowest BCUT2D eigenvalue weighted by Gasteiger charge is -2.12. The monoisotopic (exact) mass is 316 g/mol. The molecule has 0 saturated heterocycles. The number of hydrogen-bond donors (Lipinski definition) is 2. The first-order valence-corrected chi connectivity index (χ1v) is 8.38. The maximum absolute atomic E-state index is 12.0. The summed E-state index contributed by atoms with van der Waals surface area (Å²) in [6, 6.07) is 6.10. The number of carbonyl (C=O) groups is 1. The number of hydrogen-bond acceptors (Lipinski definition) is 3. The van der Waals surface area contributed by atoms with Gasteiger partial charge in [0.15, 0.2) is 0 Å². The zero-order valence-electron chi connectivity index (χ0n) is 10.9. The van der Waals surface area contributed by atoms with Crippen molar-refractivity contribution in [3.63, 3.8) is 0 Å². The Morgan fingerprint density at radius 1 is 1.30 bits per heavy atom. The molecule has 1 aliphatic rings. The van der Waals surface area contributed by atoms with E-state index in [-0.39, 0.29) is 23.4 Å². The van der Waals surface area contributed by atoms with Crippen molar-refractivity contribution < 1.29 is 13.2 Å². The lowest BCUT2D eigenvalue weighted by molar-refractivity contribution is -0.120. The van der Waals surface area contributed by atoms with Crippen molar-refractivity contribution in [2.24, 2.45) is 0 Å². The summed E-state index contributed by atoms with van der Waals surface area (Å²) >= 11 is 5.76. The highest BCUT2D eigenvalue weighted by atomic mass is 35.5. The zero-order chi connectivity index (χ0) is 14.6. The van der Waals surface area contributed by atoms with E-state index in [0.29, 0.717) is 5.02 Å². The predicted molar refractivity (Wildman–Crippen MR) is 77.0 cm³/mol. The van der Waals surface area contributed by atoms with Gasteiger partial charge in [0.25, 0.3) is 0 Å². The van der Waals surface area contributed by atoms with Crippen LogP contribution in [0.1, 0.15) is 25.7 Å². The molecule has 0 heterocycles. The molecule has 5 nitrogen and oxygen atoms in total. The van der Waals surface area contributed by atoms with Crippen molar-refractivity contribution in [1.29, 1.82) is 0 Å². The van der Waals surface area contributed by atoms with Crippen LogP contribution in [0.4, 0.5) is 0 Å². The molecule has 0 bridgehead atoms. The SMILES string of the molecule is O=C(CNS(=O)(=O)c1cccc(Cl)c1)NC1CCCC1. The van der Waals surface area contributed by atoms with Gasteiger partial charge in [0.05, 0.1) is 11.4 Å². The van der Waals surface area contributed by atoms with Crippen LogP contribution in [0.2, 0.25) is 5.02 Å². The van der Waals surface area contributed by atoms with Gasteiger partial charge in [-0.3, -0.25) is 4.79 Å². The summed E-state index contributed by atoms with van der Waals surface area (Å²) in [4.78, 5) is 11.7. The number of rotatable bonds is 5.